The van der Waals surface area contributed by atoms with Gasteiger partial charge in [-0.3, -0.25) is 4.79 Å². The van der Waals surface area contributed by atoms with E-state index in [0.717, 1.165) is 0 Å². The molecule has 1 fully saturated rings. The fraction of sp³-hybridized carbons (Fsp3) is 0.692. The van der Waals surface area contributed by atoms with Crippen molar-refractivity contribution in [3.8, 4) is 0 Å². The highest BCUT2D eigenvalue weighted by Gasteiger charge is 2.46. The van der Waals surface area contributed by atoms with Gasteiger partial charge >= 0.3 is 0 Å². The van der Waals surface area contributed by atoms with Crippen LogP contribution in [-0.4, -0.2) is 39.8 Å². The van der Waals surface area contributed by atoms with E-state index in [2.05, 4.69) is 5.16 Å². The minimum atomic E-state index is -0.743. The largest absolute Gasteiger partial charge is 0.386 e. The second-order valence-corrected chi connectivity index (χ2v) is 5.33. The van der Waals surface area contributed by atoms with E-state index in [9.17, 15) is 9.90 Å². The lowest BCUT2D eigenvalue weighted by Crippen LogP contribution is -2.66. The topological polar surface area (TPSA) is 66.6 Å². The summed E-state index contributed by atoms with van der Waals surface area (Å²) in [6, 6.07) is 0. The zero-order valence-electron chi connectivity index (χ0n) is 11.4. The summed E-state index contributed by atoms with van der Waals surface area (Å²) in [5.41, 5.74) is 0.508. The number of hydrogen-bond acceptors (Lipinski definition) is 4. The molecular weight excluding hydrogens is 232 g/mol. The minimum Gasteiger partial charge on any atom is -0.386 e. The second kappa shape index (κ2) is 4.39. The highest BCUT2D eigenvalue weighted by atomic mass is 16.5. The van der Waals surface area contributed by atoms with Crippen LogP contribution in [0.15, 0.2) is 4.52 Å². The van der Waals surface area contributed by atoms with Crippen molar-refractivity contribution in [2.24, 2.45) is 5.92 Å². The van der Waals surface area contributed by atoms with Gasteiger partial charge in [-0.15, -0.1) is 0 Å². The van der Waals surface area contributed by atoms with Crippen molar-refractivity contribution in [2.75, 3.05) is 13.1 Å². The van der Waals surface area contributed by atoms with E-state index in [4.69, 9.17) is 4.52 Å². The lowest BCUT2D eigenvalue weighted by Gasteiger charge is -2.49. The number of rotatable bonds is 3. The van der Waals surface area contributed by atoms with E-state index < -0.39 is 5.60 Å². The smallest absolute Gasteiger partial charge is 0.259 e. The standard InChI is InChI=1S/C13H20N2O3/c1-5-10-11(9(4)18-14-10)12(16)15-6-13(17,7-15)8(2)3/h8,17H,5-7H2,1-4H3. The van der Waals surface area contributed by atoms with Crippen molar-refractivity contribution in [3.05, 3.63) is 17.0 Å². The number of carbonyl (C=O) groups excluding carboxylic acids is 1. The maximum Gasteiger partial charge on any atom is 0.259 e. The molecule has 2 rings (SSSR count). The molecule has 5 nitrogen and oxygen atoms in total. The number of amides is 1. The van der Waals surface area contributed by atoms with Gasteiger partial charge in [-0.1, -0.05) is 25.9 Å². The molecule has 2 heterocycles. The van der Waals surface area contributed by atoms with Crippen LogP contribution in [0.5, 0.6) is 0 Å². The third kappa shape index (κ3) is 1.92. The van der Waals surface area contributed by atoms with E-state index in [1.54, 1.807) is 11.8 Å². The number of aliphatic hydroxyl groups is 1. The first kappa shape index (κ1) is 13.1. The Morgan fingerprint density at radius 2 is 2.17 bits per heavy atom. The van der Waals surface area contributed by atoms with Crippen LogP contribution in [0.1, 0.15) is 42.6 Å². The highest BCUT2D eigenvalue weighted by molar-refractivity contribution is 5.96. The van der Waals surface area contributed by atoms with E-state index >= 15 is 0 Å². The Kier molecular flexibility index (Phi) is 3.19. The second-order valence-electron chi connectivity index (χ2n) is 5.33. The average molecular weight is 252 g/mol. The van der Waals surface area contributed by atoms with Crippen molar-refractivity contribution in [3.63, 3.8) is 0 Å². The third-order valence-electron chi connectivity index (χ3n) is 3.77. The molecule has 1 amide bonds. The number of aromatic nitrogens is 1. The summed E-state index contributed by atoms with van der Waals surface area (Å²) in [6.07, 6.45) is 0.667. The molecule has 1 N–H and O–H groups in total. The van der Waals surface area contributed by atoms with Gasteiger partial charge in [0.1, 0.15) is 16.9 Å². The van der Waals surface area contributed by atoms with Crippen LogP contribution in [0.4, 0.5) is 0 Å². The van der Waals surface area contributed by atoms with E-state index in [1.807, 2.05) is 20.8 Å². The lowest BCUT2D eigenvalue weighted by atomic mass is 9.82. The molecule has 0 radical (unpaired) electrons. The summed E-state index contributed by atoms with van der Waals surface area (Å²) in [6.45, 7) is 8.38. The predicted molar refractivity (Wildman–Crippen MR) is 66.3 cm³/mol. The zero-order valence-corrected chi connectivity index (χ0v) is 11.4. The quantitative estimate of drug-likeness (QED) is 0.882. The molecule has 0 saturated carbocycles. The molecular formula is C13H20N2O3. The van der Waals surface area contributed by atoms with Crippen LogP contribution < -0.4 is 0 Å². The van der Waals surface area contributed by atoms with Gasteiger partial charge in [-0.25, -0.2) is 0 Å². The first-order chi connectivity index (χ1) is 8.39. The summed E-state index contributed by atoms with van der Waals surface area (Å²) in [4.78, 5) is 14.0. The molecule has 1 aliphatic heterocycles. The Morgan fingerprint density at radius 1 is 1.56 bits per heavy atom. The average Bonchev–Trinajstić information content (AvgIpc) is 2.65. The van der Waals surface area contributed by atoms with Crippen LogP contribution in [0.25, 0.3) is 0 Å². The van der Waals surface area contributed by atoms with Crippen molar-refractivity contribution in [1.29, 1.82) is 0 Å². The molecule has 0 aromatic carbocycles. The van der Waals surface area contributed by atoms with Gasteiger partial charge in [0.2, 0.25) is 0 Å². The fourth-order valence-corrected chi connectivity index (χ4v) is 2.21. The number of nitrogens with zero attached hydrogens (tertiary/aromatic N) is 2. The zero-order chi connectivity index (χ0) is 13.5. The summed E-state index contributed by atoms with van der Waals surface area (Å²) in [5, 5.41) is 14.0. The highest BCUT2D eigenvalue weighted by Crippen LogP contribution is 2.30. The molecule has 1 saturated heterocycles. The summed E-state index contributed by atoms with van der Waals surface area (Å²) in [5.74, 6) is 0.614. The fourth-order valence-electron chi connectivity index (χ4n) is 2.21. The molecule has 18 heavy (non-hydrogen) atoms. The van der Waals surface area contributed by atoms with Crippen molar-refractivity contribution in [1.82, 2.24) is 10.1 Å². The van der Waals surface area contributed by atoms with Gasteiger partial charge < -0.3 is 14.5 Å². The van der Waals surface area contributed by atoms with Gasteiger partial charge in [-0.05, 0) is 19.3 Å². The Bertz CT molecular complexity index is 459. The molecule has 0 unspecified atom stereocenters. The van der Waals surface area contributed by atoms with Crippen molar-refractivity contribution >= 4 is 5.91 Å². The van der Waals surface area contributed by atoms with Crippen LogP contribution in [-0.2, 0) is 6.42 Å². The molecule has 0 atom stereocenters. The first-order valence-electron chi connectivity index (χ1n) is 6.36. The molecule has 0 aliphatic carbocycles. The van der Waals surface area contributed by atoms with E-state index in [0.29, 0.717) is 36.5 Å². The molecule has 1 aromatic heterocycles. The number of hydrogen-bond donors (Lipinski definition) is 1. The number of aryl methyl sites for hydroxylation is 2. The molecule has 100 valence electrons. The molecule has 1 aromatic rings. The Hall–Kier alpha value is -1.36. The van der Waals surface area contributed by atoms with Crippen molar-refractivity contribution in [2.45, 2.75) is 39.7 Å². The van der Waals surface area contributed by atoms with Gasteiger partial charge in [0.05, 0.1) is 18.8 Å². The molecule has 1 aliphatic rings. The molecule has 5 heteroatoms. The predicted octanol–water partition coefficient (Wildman–Crippen LogP) is 1.39. The maximum absolute atomic E-state index is 12.3. The summed E-state index contributed by atoms with van der Waals surface area (Å²) < 4.78 is 5.07. The van der Waals surface area contributed by atoms with Crippen LogP contribution in [0.3, 0.4) is 0 Å². The molecule has 0 spiro atoms. The number of carbonyl (C=O) groups is 1. The number of likely N-dealkylation sites (tertiary alicyclic amines) is 1. The van der Waals surface area contributed by atoms with Gasteiger partial charge in [0, 0.05) is 0 Å². The van der Waals surface area contributed by atoms with Gasteiger partial charge in [0.15, 0.2) is 0 Å². The van der Waals surface area contributed by atoms with Crippen molar-refractivity contribution < 1.29 is 14.4 Å². The van der Waals surface area contributed by atoms with E-state index in [1.165, 1.54) is 0 Å². The Morgan fingerprint density at radius 3 is 2.67 bits per heavy atom. The van der Waals surface area contributed by atoms with Gasteiger partial charge in [-0.2, -0.15) is 0 Å². The van der Waals surface area contributed by atoms with E-state index in [-0.39, 0.29) is 11.8 Å². The lowest BCUT2D eigenvalue weighted by molar-refractivity contribution is -0.110. The Balaban J connectivity index is 2.13. The Labute approximate surface area is 107 Å². The van der Waals surface area contributed by atoms with Crippen LogP contribution in [0, 0.1) is 12.8 Å². The van der Waals surface area contributed by atoms with Crippen LogP contribution >= 0.6 is 0 Å². The monoisotopic (exact) mass is 252 g/mol. The van der Waals surface area contributed by atoms with Gasteiger partial charge in [0.25, 0.3) is 5.91 Å². The maximum atomic E-state index is 12.3. The minimum absolute atomic E-state index is 0.0871. The number of β-amino-alcohol motifs (C(OH)–C–C–N with tert-alkyl or cyclic N) is 1. The molecule has 0 bridgehead atoms. The van der Waals surface area contributed by atoms with Crippen LogP contribution in [0.2, 0.25) is 0 Å². The first-order valence-corrected chi connectivity index (χ1v) is 6.36. The summed E-state index contributed by atoms with van der Waals surface area (Å²) in [7, 11) is 0. The normalized spacial score (nSPS) is 18.0. The third-order valence-corrected chi connectivity index (χ3v) is 3.77. The summed E-state index contributed by atoms with van der Waals surface area (Å²) >= 11 is 0. The SMILES string of the molecule is CCc1noc(C)c1C(=O)N1CC(O)(C(C)C)C1.